The van der Waals surface area contributed by atoms with E-state index >= 15 is 0 Å². The summed E-state index contributed by atoms with van der Waals surface area (Å²) in [5.41, 5.74) is 15.7. The summed E-state index contributed by atoms with van der Waals surface area (Å²) in [6, 6.07) is 23.8. The van der Waals surface area contributed by atoms with Crippen LogP contribution in [-0.4, -0.2) is 50.4 Å². The molecule has 1 atom stereocenters. The number of nitrogens with two attached hydrogens (primary N) is 1. The normalized spacial score (nSPS) is 12.3. The molecule has 6 heterocycles. The Kier molecular flexibility index (Phi) is 8.78. The highest BCUT2D eigenvalue weighted by molar-refractivity contribution is 7.12. The molecule has 0 saturated heterocycles. The van der Waals surface area contributed by atoms with Crippen molar-refractivity contribution in [3.63, 3.8) is 0 Å². The van der Waals surface area contributed by atoms with Crippen molar-refractivity contribution < 1.29 is 5.21 Å². The zero-order valence-electron chi connectivity index (χ0n) is 27.2. The Bertz CT molecular complexity index is 2450. The number of thiazole rings is 2. The topological polar surface area (TPSA) is 146 Å². The van der Waals surface area contributed by atoms with Crippen molar-refractivity contribution in [2.75, 3.05) is 0 Å². The maximum Gasteiger partial charge on any atom is 0.211 e. The molecule has 13 heteroatoms. The molecule has 49 heavy (non-hydrogen) atoms. The van der Waals surface area contributed by atoms with Gasteiger partial charge in [-0.3, -0.25) is 4.98 Å². The summed E-state index contributed by atoms with van der Waals surface area (Å²) in [5, 5.41) is 29.0. The number of benzene rings is 2. The van der Waals surface area contributed by atoms with E-state index in [1.54, 1.807) is 29.6 Å². The summed E-state index contributed by atoms with van der Waals surface area (Å²) >= 11 is 3.15. The monoisotopic (exact) mass is 684 g/mol. The Morgan fingerprint density at radius 3 is 1.76 bits per heavy atom. The van der Waals surface area contributed by atoms with Crippen LogP contribution in [0.3, 0.4) is 0 Å². The standard InChI is InChI=1S/C18H15N5OS.C18H17N5S/c1-11-10-25-18(20-11)23-17-8-13(6-7-14(17)9-19-23)16-5-3-4-15(21-16)12(2)22-24;1-11-10-24-18(21-11)23-17-8-13(6-7-14(17)9-20-23)16-5-3-4-15(22-16)12(2)19/h3-10,24H,1-2H3;3-10,12H,19H2,1-2H3/b22-12-;. The SMILES string of the molecule is C/C(=N/O)c1cccc(-c2ccc3cnn(-c4nc(C)cs4)c3c2)n1.Cc1csc(-n2ncc3ccc(-c4cccc(C(C)N)n4)cc32)n1. The number of oxime groups is 1. The molecule has 0 aliphatic heterocycles. The van der Waals surface area contributed by atoms with Gasteiger partial charge in [0.2, 0.25) is 10.3 Å². The van der Waals surface area contributed by atoms with Gasteiger partial charge >= 0.3 is 0 Å². The lowest BCUT2D eigenvalue weighted by Crippen LogP contribution is -2.07. The maximum atomic E-state index is 8.96. The molecule has 8 aromatic rings. The largest absolute Gasteiger partial charge is 0.411 e. The molecule has 0 spiro atoms. The van der Waals surface area contributed by atoms with Crippen molar-refractivity contribution in [3.05, 3.63) is 119 Å². The fourth-order valence-electron chi connectivity index (χ4n) is 5.25. The van der Waals surface area contributed by atoms with Gasteiger partial charge in [-0.25, -0.2) is 24.3 Å². The molecule has 0 fully saturated rings. The van der Waals surface area contributed by atoms with Gasteiger partial charge in [0, 0.05) is 38.7 Å². The van der Waals surface area contributed by atoms with E-state index in [2.05, 4.69) is 59.6 Å². The lowest BCUT2D eigenvalue weighted by molar-refractivity contribution is 0.319. The first-order valence-electron chi connectivity index (χ1n) is 15.5. The second-order valence-corrected chi connectivity index (χ2v) is 13.2. The number of nitrogens with zero attached hydrogens (tertiary/aromatic N) is 9. The zero-order valence-corrected chi connectivity index (χ0v) is 28.8. The Labute approximate surface area is 290 Å². The molecule has 0 bridgehead atoms. The molecule has 0 aliphatic rings. The molecular formula is C36H32N10OS2. The van der Waals surface area contributed by atoms with Crippen LogP contribution in [0, 0.1) is 13.8 Å². The fourth-order valence-corrected chi connectivity index (χ4v) is 6.79. The molecule has 1 unspecified atom stereocenters. The molecular weight excluding hydrogens is 653 g/mol. The van der Waals surface area contributed by atoms with Gasteiger partial charge in [-0.05, 0) is 64.1 Å². The van der Waals surface area contributed by atoms with E-state index < -0.39 is 0 Å². The van der Waals surface area contributed by atoms with Crippen LogP contribution < -0.4 is 5.73 Å². The average Bonchev–Trinajstić information content (AvgIpc) is 3.94. The van der Waals surface area contributed by atoms with Crippen molar-refractivity contribution in [1.82, 2.24) is 39.5 Å². The van der Waals surface area contributed by atoms with Crippen LogP contribution in [0.1, 0.15) is 42.7 Å². The van der Waals surface area contributed by atoms with Gasteiger partial charge in [0.15, 0.2) is 0 Å². The van der Waals surface area contributed by atoms with E-state index in [0.717, 1.165) is 71.7 Å². The van der Waals surface area contributed by atoms with E-state index in [4.69, 9.17) is 10.9 Å². The number of aryl methyl sites for hydroxylation is 2. The van der Waals surface area contributed by atoms with E-state index in [-0.39, 0.29) is 6.04 Å². The predicted molar refractivity (Wildman–Crippen MR) is 196 cm³/mol. The summed E-state index contributed by atoms with van der Waals surface area (Å²) in [4.78, 5) is 18.3. The first-order valence-corrected chi connectivity index (χ1v) is 17.2. The first-order chi connectivity index (χ1) is 23.8. The lowest BCUT2D eigenvalue weighted by Gasteiger charge is -2.08. The minimum Gasteiger partial charge on any atom is -0.411 e. The first kappa shape index (κ1) is 31.9. The molecule has 3 N–H and O–H groups in total. The molecule has 6 aromatic heterocycles. The van der Waals surface area contributed by atoms with Gasteiger partial charge in [0.25, 0.3) is 0 Å². The van der Waals surface area contributed by atoms with Gasteiger partial charge in [0.05, 0.1) is 57.6 Å². The van der Waals surface area contributed by atoms with Crippen molar-refractivity contribution in [3.8, 4) is 32.8 Å². The molecule has 11 nitrogen and oxygen atoms in total. The Balaban J connectivity index is 0.000000154. The van der Waals surface area contributed by atoms with Crippen LogP contribution in [0.15, 0.2) is 101 Å². The van der Waals surface area contributed by atoms with Crippen molar-refractivity contribution in [1.29, 1.82) is 0 Å². The van der Waals surface area contributed by atoms with Crippen molar-refractivity contribution >= 4 is 50.2 Å². The molecule has 2 aromatic carbocycles. The van der Waals surface area contributed by atoms with Gasteiger partial charge in [-0.1, -0.05) is 41.6 Å². The highest BCUT2D eigenvalue weighted by Gasteiger charge is 2.13. The van der Waals surface area contributed by atoms with Gasteiger partial charge in [-0.2, -0.15) is 10.2 Å². The lowest BCUT2D eigenvalue weighted by atomic mass is 10.1. The van der Waals surface area contributed by atoms with Crippen LogP contribution in [0.25, 0.3) is 54.6 Å². The number of pyridine rings is 2. The third kappa shape index (κ3) is 6.59. The molecule has 0 aliphatic carbocycles. The summed E-state index contributed by atoms with van der Waals surface area (Å²) in [6.45, 7) is 7.61. The third-order valence-electron chi connectivity index (χ3n) is 7.82. The third-order valence-corrected chi connectivity index (χ3v) is 9.68. The van der Waals surface area contributed by atoms with E-state index in [1.165, 1.54) is 0 Å². The summed E-state index contributed by atoms with van der Waals surface area (Å²) in [5.74, 6) is 0. The van der Waals surface area contributed by atoms with Crippen molar-refractivity contribution in [2.45, 2.75) is 33.7 Å². The van der Waals surface area contributed by atoms with Crippen LogP contribution in [0.2, 0.25) is 0 Å². The number of fused-ring (bicyclic) bond motifs is 2. The zero-order chi connectivity index (χ0) is 34.1. The molecule has 8 rings (SSSR count). The number of aromatic nitrogens is 8. The van der Waals surface area contributed by atoms with Crippen LogP contribution in [0.5, 0.6) is 0 Å². The summed E-state index contributed by atoms with van der Waals surface area (Å²) in [6.07, 6.45) is 3.70. The van der Waals surface area contributed by atoms with Gasteiger partial charge < -0.3 is 10.9 Å². The second-order valence-electron chi connectivity index (χ2n) is 11.5. The van der Waals surface area contributed by atoms with Crippen LogP contribution in [-0.2, 0) is 0 Å². The highest BCUT2D eigenvalue weighted by atomic mass is 32.1. The number of hydrogen-bond donors (Lipinski definition) is 2. The second kappa shape index (κ2) is 13.5. The van der Waals surface area contributed by atoms with Gasteiger partial charge in [0.1, 0.15) is 5.71 Å². The van der Waals surface area contributed by atoms with E-state index in [9.17, 15) is 0 Å². The maximum absolute atomic E-state index is 8.96. The molecule has 0 saturated carbocycles. The van der Waals surface area contributed by atoms with E-state index in [0.29, 0.717) is 11.4 Å². The molecule has 0 amide bonds. The van der Waals surface area contributed by atoms with Crippen molar-refractivity contribution in [2.24, 2.45) is 10.9 Å². The van der Waals surface area contributed by atoms with Crippen LogP contribution >= 0.6 is 22.7 Å². The smallest absolute Gasteiger partial charge is 0.211 e. The number of rotatable bonds is 6. The van der Waals surface area contributed by atoms with Crippen LogP contribution in [0.4, 0.5) is 0 Å². The minimum atomic E-state index is -0.0856. The van der Waals surface area contributed by atoms with Gasteiger partial charge in [-0.15, -0.1) is 22.7 Å². The summed E-state index contributed by atoms with van der Waals surface area (Å²) < 4.78 is 3.73. The molecule has 0 radical (unpaired) electrons. The Hall–Kier alpha value is -5.63. The highest BCUT2D eigenvalue weighted by Crippen LogP contribution is 2.28. The Morgan fingerprint density at radius 2 is 1.27 bits per heavy atom. The Morgan fingerprint density at radius 1 is 0.735 bits per heavy atom. The minimum absolute atomic E-state index is 0.0856. The quantitative estimate of drug-likeness (QED) is 0.102. The fraction of sp³-hybridized carbons (Fsp3) is 0.139. The molecule has 244 valence electrons. The van der Waals surface area contributed by atoms with E-state index in [1.807, 2.05) is 102 Å². The average molecular weight is 685 g/mol. The predicted octanol–water partition coefficient (Wildman–Crippen LogP) is 7.92. The number of hydrogen-bond acceptors (Lipinski definition) is 11. The summed E-state index contributed by atoms with van der Waals surface area (Å²) in [7, 11) is 0.